The van der Waals surface area contributed by atoms with Crippen LogP contribution in [0, 0.1) is 0 Å². The molecule has 0 aromatic heterocycles. The highest BCUT2D eigenvalue weighted by atomic mass is 16.6. The number of urea groups is 1. The van der Waals surface area contributed by atoms with Gasteiger partial charge in [0.15, 0.2) is 0 Å². The molecule has 2 aliphatic rings. The number of benzene rings is 1. The minimum atomic E-state index is -1.08. The first-order valence-electron chi connectivity index (χ1n) is 8.33. The molecule has 1 aromatic rings. The number of carbonyl (C=O) groups is 3. The normalized spacial score (nSPS) is 26.6. The van der Waals surface area contributed by atoms with Gasteiger partial charge in [-0.25, -0.2) is 4.79 Å². The fourth-order valence-electron chi connectivity index (χ4n) is 3.35. The van der Waals surface area contributed by atoms with E-state index in [2.05, 4.69) is 10.6 Å². The van der Waals surface area contributed by atoms with E-state index in [0.717, 1.165) is 5.56 Å². The zero-order valence-corrected chi connectivity index (χ0v) is 14.7. The van der Waals surface area contributed by atoms with Crippen molar-refractivity contribution in [3.63, 3.8) is 0 Å². The summed E-state index contributed by atoms with van der Waals surface area (Å²) in [6, 6.07) is 8.58. The van der Waals surface area contributed by atoms with Crippen LogP contribution in [0.15, 0.2) is 30.3 Å². The zero-order valence-electron chi connectivity index (χ0n) is 14.7. The van der Waals surface area contributed by atoms with Crippen molar-refractivity contribution < 1.29 is 19.1 Å². The van der Waals surface area contributed by atoms with E-state index in [1.54, 1.807) is 20.8 Å². The van der Waals surface area contributed by atoms with E-state index in [9.17, 15) is 14.4 Å². The molecule has 2 atom stereocenters. The van der Waals surface area contributed by atoms with E-state index in [0.29, 0.717) is 6.54 Å². The Labute approximate surface area is 146 Å². The minimum absolute atomic E-state index is 0.201. The fraction of sp³-hybridized carbons (Fsp3) is 0.500. The summed E-state index contributed by atoms with van der Waals surface area (Å²) in [5.41, 5.74) is -0.669. The van der Waals surface area contributed by atoms with Crippen LogP contribution in [-0.4, -0.2) is 46.5 Å². The predicted octanol–water partition coefficient (Wildman–Crippen LogP) is 1.18. The molecule has 7 heteroatoms. The number of nitrogens with zero attached hydrogens (tertiary/aromatic N) is 1. The molecule has 0 bridgehead atoms. The molecule has 2 saturated heterocycles. The second-order valence-corrected chi connectivity index (χ2v) is 7.63. The second kappa shape index (κ2) is 6.15. The number of imide groups is 1. The molecule has 7 nitrogen and oxygen atoms in total. The summed E-state index contributed by atoms with van der Waals surface area (Å²) < 4.78 is 5.53. The van der Waals surface area contributed by atoms with Crippen LogP contribution in [0.4, 0.5) is 4.79 Å². The van der Waals surface area contributed by atoms with Crippen LogP contribution in [0.1, 0.15) is 32.8 Å². The maximum absolute atomic E-state index is 12.7. The summed E-state index contributed by atoms with van der Waals surface area (Å²) in [6.07, 6.45) is 0.201. The SMILES string of the molecule is CC(C)(C)OC(=O)[C@@H]1C[C@]2(CN1Cc1ccccc1)NC(=O)NC2=O. The van der Waals surface area contributed by atoms with Gasteiger partial charge in [-0.1, -0.05) is 30.3 Å². The molecule has 25 heavy (non-hydrogen) atoms. The molecule has 1 spiro atoms. The molecule has 2 aliphatic heterocycles. The standard InChI is InChI=1S/C18H23N3O4/c1-17(2,3)25-14(22)13-9-18(15(23)19-16(24)20-18)11-21(13)10-12-7-5-4-6-8-12/h4-8,13H,9-11H2,1-3H3,(H2,19,20,23,24)/t13-,18+/m0/s1. The first-order valence-corrected chi connectivity index (χ1v) is 8.33. The van der Waals surface area contributed by atoms with Gasteiger partial charge in [0, 0.05) is 19.5 Å². The third kappa shape index (κ3) is 3.66. The number of rotatable bonds is 3. The van der Waals surface area contributed by atoms with Crippen molar-refractivity contribution in [1.82, 2.24) is 15.5 Å². The lowest BCUT2D eigenvalue weighted by Crippen LogP contribution is -2.48. The summed E-state index contributed by atoms with van der Waals surface area (Å²) in [5, 5.41) is 4.97. The highest BCUT2D eigenvalue weighted by molar-refractivity contribution is 6.07. The molecule has 0 aliphatic carbocycles. The van der Waals surface area contributed by atoms with Crippen LogP contribution in [0.5, 0.6) is 0 Å². The summed E-state index contributed by atoms with van der Waals surface area (Å²) in [6.45, 7) is 6.18. The Bertz CT molecular complexity index is 698. The topological polar surface area (TPSA) is 87.7 Å². The largest absolute Gasteiger partial charge is 0.459 e. The van der Waals surface area contributed by atoms with Gasteiger partial charge in [-0.05, 0) is 26.3 Å². The molecular formula is C18H23N3O4. The van der Waals surface area contributed by atoms with Crippen molar-refractivity contribution in [3.05, 3.63) is 35.9 Å². The fourth-order valence-corrected chi connectivity index (χ4v) is 3.35. The third-order valence-electron chi connectivity index (χ3n) is 4.38. The Balaban J connectivity index is 1.85. The van der Waals surface area contributed by atoms with Gasteiger partial charge in [0.05, 0.1) is 0 Å². The van der Waals surface area contributed by atoms with Gasteiger partial charge < -0.3 is 10.1 Å². The van der Waals surface area contributed by atoms with Crippen molar-refractivity contribution >= 4 is 17.9 Å². The summed E-state index contributed by atoms with van der Waals surface area (Å²) in [4.78, 5) is 38.5. The first-order chi connectivity index (χ1) is 11.7. The van der Waals surface area contributed by atoms with Gasteiger partial charge in [-0.15, -0.1) is 0 Å². The van der Waals surface area contributed by atoms with E-state index in [1.165, 1.54) is 0 Å². The van der Waals surface area contributed by atoms with E-state index in [-0.39, 0.29) is 24.8 Å². The Morgan fingerprint density at radius 3 is 2.52 bits per heavy atom. The number of nitrogens with one attached hydrogen (secondary N) is 2. The van der Waals surface area contributed by atoms with Crippen LogP contribution in [0.3, 0.4) is 0 Å². The third-order valence-corrected chi connectivity index (χ3v) is 4.38. The van der Waals surface area contributed by atoms with E-state index in [1.807, 2.05) is 35.2 Å². The summed E-state index contributed by atoms with van der Waals surface area (Å²) in [5.74, 6) is -0.768. The molecule has 0 saturated carbocycles. The van der Waals surface area contributed by atoms with E-state index in [4.69, 9.17) is 4.74 Å². The molecule has 134 valence electrons. The molecule has 0 radical (unpaired) electrons. The second-order valence-electron chi connectivity index (χ2n) is 7.63. The number of likely N-dealkylation sites (tertiary alicyclic amines) is 1. The number of hydrogen-bond donors (Lipinski definition) is 2. The van der Waals surface area contributed by atoms with Gasteiger partial charge in [-0.2, -0.15) is 0 Å². The van der Waals surface area contributed by atoms with Crippen molar-refractivity contribution in [2.24, 2.45) is 0 Å². The number of amides is 3. The lowest BCUT2D eigenvalue weighted by atomic mass is 9.96. The Morgan fingerprint density at radius 2 is 1.96 bits per heavy atom. The number of carbonyl (C=O) groups excluding carboxylic acids is 3. The van der Waals surface area contributed by atoms with Gasteiger partial charge in [0.25, 0.3) is 5.91 Å². The lowest BCUT2D eigenvalue weighted by molar-refractivity contribution is -0.160. The van der Waals surface area contributed by atoms with Crippen molar-refractivity contribution in [2.45, 2.75) is 50.9 Å². The Hall–Kier alpha value is -2.41. The van der Waals surface area contributed by atoms with Gasteiger partial charge >= 0.3 is 12.0 Å². The zero-order chi connectivity index (χ0) is 18.2. The average Bonchev–Trinajstić information content (AvgIpc) is 2.99. The quantitative estimate of drug-likeness (QED) is 0.634. The maximum Gasteiger partial charge on any atom is 0.323 e. The van der Waals surface area contributed by atoms with Crippen molar-refractivity contribution in [1.29, 1.82) is 0 Å². The molecule has 1 aromatic carbocycles. The van der Waals surface area contributed by atoms with E-state index >= 15 is 0 Å². The smallest absolute Gasteiger partial charge is 0.323 e. The average molecular weight is 345 g/mol. The number of ether oxygens (including phenoxy) is 1. The molecular weight excluding hydrogens is 322 g/mol. The number of hydrogen-bond acceptors (Lipinski definition) is 5. The molecule has 2 fully saturated rings. The Kier molecular flexibility index (Phi) is 4.28. The molecule has 3 rings (SSSR count). The van der Waals surface area contributed by atoms with Gasteiger partial charge in [0.2, 0.25) is 0 Å². The van der Waals surface area contributed by atoms with Gasteiger partial charge in [-0.3, -0.25) is 19.8 Å². The van der Waals surface area contributed by atoms with Crippen LogP contribution in [0.2, 0.25) is 0 Å². The van der Waals surface area contributed by atoms with E-state index < -0.39 is 23.2 Å². The first kappa shape index (κ1) is 17.4. The molecule has 2 heterocycles. The monoisotopic (exact) mass is 345 g/mol. The predicted molar refractivity (Wildman–Crippen MR) is 90.5 cm³/mol. The maximum atomic E-state index is 12.7. The van der Waals surface area contributed by atoms with Crippen LogP contribution in [-0.2, 0) is 20.9 Å². The number of esters is 1. The molecule has 2 N–H and O–H groups in total. The minimum Gasteiger partial charge on any atom is -0.459 e. The van der Waals surface area contributed by atoms with Crippen LogP contribution >= 0.6 is 0 Å². The lowest BCUT2D eigenvalue weighted by Gasteiger charge is -2.27. The van der Waals surface area contributed by atoms with Crippen molar-refractivity contribution in [3.8, 4) is 0 Å². The summed E-state index contributed by atoms with van der Waals surface area (Å²) in [7, 11) is 0. The van der Waals surface area contributed by atoms with Gasteiger partial charge in [0.1, 0.15) is 17.2 Å². The van der Waals surface area contributed by atoms with Crippen LogP contribution < -0.4 is 10.6 Å². The molecule has 3 amide bonds. The molecule has 0 unspecified atom stereocenters. The summed E-state index contributed by atoms with van der Waals surface area (Å²) >= 11 is 0. The van der Waals surface area contributed by atoms with Crippen molar-refractivity contribution in [2.75, 3.05) is 6.54 Å². The highest BCUT2D eigenvalue weighted by Crippen LogP contribution is 2.32. The Morgan fingerprint density at radius 1 is 1.28 bits per heavy atom. The highest BCUT2D eigenvalue weighted by Gasteiger charge is 2.56. The van der Waals surface area contributed by atoms with Crippen LogP contribution in [0.25, 0.3) is 0 Å².